The molecule has 0 fully saturated rings. The molecule has 4 nitrogen and oxygen atoms in total. The lowest BCUT2D eigenvalue weighted by molar-refractivity contribution is -0.119. The summed E-state index contributed by atoms with van der Waals surface area (Å²) in [6, 6.07) is 11.9. The fourth-order valence-electron chi connectivity index (χ4n) is 2.40. The molecule has 1 aromatic heterocycles. The van der Waals surface area contributed by atoms with E-state index in [9.17, 15) is 9.59 Å². The Morgan fingerprint density at radius 1 is 1.16 bits per heavy atom. The zero-order valence-corrected chi connectivity index (χ0v) is 16.0. The van der Waals surface area contributed by atoms with Crippen molar-refractivity contribution in [2.75, 3.05) is 11.9 Å². The lowest BCUT2D eigenvalue weighted by Gasteiger charge is -2.10. The molecule has 1 aromatic carbocycles. The van der Waals surface area contributed by atoms with Gasteiger partial charge in [0.2, 0.25) is 5.91 Å². The quantitative estimate of drug-likeness (QED) is 0.703. The molecule has 0 saturated carbocycles. The van der Waals surface area contributed by atoms with Crippen LogP contribution in [0.5, 0.6) is 0 Å². The van der Waals surface area contributed by atoms with E-state index < -0.39 is 5.97 Å². The second kappa shape index (κ2) is 8.81. The van der Waals surface area contributed by atoms with Gasteiger partial charge in [0.15, 0.2) is 0 Å². The van der Waals surface area contributed by atoms with Crippen LogP contribution in [0.4, 0.5) is 5.00 Å². The van der Waals surface area contributed by atoms with Crippen molar-refractivity contribution in [3.8, 4) is 0 Å². The van der Waals surface area contributed by atoms with E-state index in [-0.39, 0.29) is 17.7 Å². The van der Waals surface area contributed by atoms with Crippen LogP contribution in [0.1, 0.15) is 60.8 Å². The highest BCUT2D eigenvalue weighted by molar-refractivity contribution is 7.16. The van der Waals surface area contributed by atoms with E-state index >= 15 is 0 Å². The van der Waals surface area contributed by atoms with Crippen LogP contribution in [0.25, 0.3) is 0 Å². The average Bonchev–Trinajstić information content (AvgIpc) is 3.05. The molecule has 25 heavy (non-hydrogen) atoms. The van der Waals surface area contributed by atoms with Gasteiger partial charge in [0, 0.05) is 16.7 Å². The SMILES string of the molecule is CCOC(=O)c1cc(C(C)c2ccccc2)sc1NC(=O)C(C)CC. The number of benzene rings is 1. The number of ether oxygens (including phenoxy) is 1. The lowest BCUT2D eigenvalue weighted by atomic mass is 9.99. The van der Waals surface area contributed by atoms with Gasteiger partial charge in [0.25, 0.3) is 0 Å². The van der Waals surface area contributed by atoms with Gasteiger partial charge in [-0.1, -0.05) is 51.1 Å². The predicted octanol–water partition coefficient (Wildman–Crippen LogP) is 5.06. The minimum Gasteiger partial charge on any atom is -0.462 e. The van der Waals surface area contributed by atoms with E-state index in [1.807, 2.05) is 38.1 Å². The molecule has 5 heteroatoms. The summed E-state index contributed by atoms with van der Waals surface area (Å²) in [5.74, 6) is -0.445. The van der Waals surface area contributed by atoms with Gasteiger partial charge in [0.1, 0.15) is 5.00 Å². The molecular formula is C20H25NO3S. The monoisotopic (exact) mass is 359 g/mol. The standard InChI is InChI=1S/C20H25NO3S/c1-5-13(3)18(22)21-19-16(20(23)24-6-2)12-17(25-19)14(4)15-10-8-7-9-11-15/h7-14H,5-6H2,1-4H3,(H,21,22). The third kappa shape index (κ3) is 4.69. The van der Waals surface area contributed by atoms with Gasteiger partial charge in [-0.25, -0.2) is 4.79 Å². The predicted molar refractivity (Wildman–Crippen MR) is 102 cm³/mol. The maximum absolute atomic E-state index is 12.3. The van der Waals surface area contributed by atoms with Gasteiger partial charge in [-0.3, -0.25) is 4.79 Å². The molecule has 0 bridgehead atoms. The molecule has 1 N–H and O–H groups in total. The van der Waals surface area contributed by atoms with Crippen molar-refractivity contribution >= 4 is 28.2 Å². The summed E-state index contributed by atoms with van der Waals surface area (Å²) in [6.07, 6.45) is 0.749. The second-order valence-corrected chi connectivity index (χ2v) is 7.13. The van der Waals surface area contributed by atoms with Crippen molar-refractivity contribution in [3.63, 3.8) is 0 Å². The summed E-state index contributed by atoms with van der Waals surface area (Å²) in [6.45, 7) is 8.01. The van der Waals surface area contributed by atoms with Crippen LogP contribution in [0, 0.1) is 5.92 Å². The van der Waals surface area contributed by atoms with E-state index in [0.29, 0.717) is 17.2 Å². The number of carbonyl (C=O) groups excluding carboxylic acids is 2. The molecule has 2 unspecified atom stereocenters. The number of rotatable bonds is 7. The third-order valence-electron chi connectivity index (χ3n) is 4.27. The van der Waals surface area contributed by atoms with Crippen LogP contribution < -0.4 is 5.32 Å². The van der Waals surface area contributed by atoms with Crippen molar-refractivity contribution in [1.82, 2.24) is 0 Å². The highest BCUT2D eigenvalue weighted by Gasteiger charge is 2.23. The van der Waals surface area contributed by atoms with E-state index in [1.54, 1.807) is 6.92 Å². The Morgan fingerprint density at radius 2 is 1.84 bits per heavy atom. The van der Waals surface area contributed by atoms with Crippen LogP contribution in [0.2, 0.25) is 0 Å². The summed E-state index contributed by atoms with van der Waals surface area (Å²) in [4.78, 5) is 25.6. The first-order valence-corrected chi connectivity index (χ1v) is 9.46. The van der Waals surface area contributed by atoms with Gasteiger partial charge in [-0.2, -0.15) is 0 Å². The number of carbonyl (C=O) groups is 2. The maximum Gasteiger partial charge on any atom is 0.341 e. The molecule has 134 valence electrons. The number of anilines is 1. The zero-order valence-electron chi connectivity index (χ0n) is 15.2. The third-order valence-corrected chi connectivity index (χ3v) is 5.50. The molecule has 0 saturated heterocycles. The van der Waals surface area contributed by atoms with Crippen molar-refractivity contribution in [3.05, 3.63) is 52.4 Å². The first kappa shape index (κ1) is 19.2. The average molecular weight is 359 g/mol. The summed E-state index contributed by atoms with van der Waals surface area (Å²) in [5, 5.41) is 3.48. The van der Waals surface area contributed by atoms with E-state index in [1.165, 1.54) is 16.9 Å². The van der Waals surface area contributed by atoms with E-state index in [4.69, 9.17) is 4.74 Å². The highest BCUT2D eigenvalue weighted by Crippen LogP contribution is 2.36. The molecular weight excluding hydrogens is 334 g/mol. The maximum atomic E-state index is 12.3. The molecule has 0 radical (unpaired) electrons. The molecule has 2 atom stereocenters. The molecule has 1 amide bonds. The van der Waals surface area contributed by atoms with Crippen molar-refractivity contribution in [2.45, 2.75) is 40.0 Å². The summed E-state index contributed by atoms with van der Waals surface area (Å²) in [5.41, 5.74) is 1.60. The Balaban J connectivity index is 2.35. The van der Waals surface area contributed by atoms with Crippen molar-refractivity contribution < 1.29 is 14.3 Å². The number of thiophene rings is 1. The van der Waals surface area contributed by atoms with Crippen LogP contribution in [-0.4, -0.2) is 18.5 Å². The Morgan fingerprint density at radius 3 is 2.44 bits per heavy atom. The number of nitrogens with one attached hydrogen (secondary N) is 1. The first-order valence-electron chi connectivity index (χ1n) is 8.64. The van der Waals surface area contributed by atoms with Crippen molar-refractivity contribution in [1.29, 1.82) is 0 Å². The smallest absolute Gasteiger partial charge is 0.341 e. The molecule has 2 aromatic rings. The minimum absolute atomic E-state index is 0.0752. The second-order valence-electron chi connectivity index (χ2n) is 6.04. The Labute approximate surface area is 153 Å². The molecule has 0 aliphatic rings. The molecule has 0 spiro atoms. The molecule has 1 heterocycles. The van der Waals surface area contributed by atoms with Gasteiger partial charge in [-0.05, 0) is 25.0 Å². The van der Waals surface area contributed by atoms with Crippen LogP contribution in [0.3, 0.4) is 0 Å². The Kier molecular flexibility index (Phi) is 6.76. The number of hydrogen-bond acceptors (Lipinski definition) is 4. The van der Waals surface area contributed by atoms with Gasteiger partial charge < -0.3 is 10.1 Å². The van der Waals surface area contributed by atoms with E-state index in [2.05, 4.69) is 24.4 Å². The fraction of sp³-hybridized carbons (Fsp3) is 0.400. The number of hydrogen-bond donors (Lipinski definition) is 1. The van der Waals surface area contributed by atoms with Crippen LogP contribution in [-0.2, 0) is 9.53 Å². The summed E-state index contributed by atoms with van der Waals surface area (Å²) >= 11 is 1.44. The minimum atomic E-state index is -0.398. The highest BCUT2D eigenvalue weighted by atomic mass is 32.1. The van der Waals surface area contributed by atoms with Crippen LogP contribution in [0.15, 0.2) is 36.4 Å². The first-order chi connectivity index (χ1) is 12.0. The molecule has 2 rings (SSSR count). The van der Waals surface area contributed by atoms with Gasteiger partial charge in [-0.15, -0.1) is 11.3 Å². The number of amides is 1. The summed E-state index contributed by atoms with van der Waals surface area (Å²) in [7, 11) is 0. The van der Waals surface area contributed by atoms with Crippen LogP contribution >= 0.6 is 11.3 Å². The normalized spacial score (nSPS) is 13.1. The van der Waals surface area contributed by atoms with E-state index in [0.717, 1.165) is 11.3 Å². The fourth-order valence-corrected chi connectivity index (χ4v) is 3.53. The summed E-state index contributed by atoms with van der Waals surface area (Å²) < 4.78 is 5.15. The van der Waals surface area contributed by atoms with Crippen molar-refractivity contribution in [2.24, 2.45) is 5.92 Å². The zero-order chi connectivity index (χ0) is 18.4. The van der Waals surface area contributed by atoms with Gasteiger partial charge >= 0.3 is 5.97 Å². The lowest BCUT2D eigenvalue weighted by Crippen LogP contribution is -2.20. The Hall–Kier alpha value is -2.14. The molecule has 0 aliphatic heterocycles. The number of esters is 1. The Bertz CT molecular complexity index is 724. The largest absolute Gasteiger partial charge is 0.462 e. The topological polar surface area (TPSA) is 55.4 Å². The molecule has 0 aliphatic carbocycles. The van der Waals surface area contributed by atoms with Gasteiger partial charge in [0.05, 0.1) is 12.2 Å².